The minimum absolute atomic E-state index is 0. The number of benzene rings is 2. The molecule has 2 aromatic carbocycles. The molecule has 2 aliphatic carbocycles. The van der Waals surface area contributed by atoms with Gasteiger partial charge in [0.15, 0.2) is 0 Å². The molecule has 0 saturated heterocycles. The summed E-state index contributed by atoms with van der Waals surface area (Å²) in [6.07, 6.45) is 13.7. The van der Waals surface area contributed by atoms with Gasteiger partial charge >= 0.3 is 184 Å². The van der Waals surface area contributed by atoms with Crippen LogP contribution in [-0.2, 0) is 29.7 Å². The van der Waals surface area contributed by atoms with Crippen LogP contribution in [0.4, 0.5) is 8.78 Å². The van der Waals surface area contributed by atoms with Crippen LogP contribution in [-0.4, -0.2) is 0 Å². The molecule has 0 radical (unpaired) electrons. The normalized spacial score (nSPS) is 20.7. The first-order valence-corrected chi connectivity index (χ1v) is 12.5. The van der Waals surface area contributed by atoms with E-state index in [1.54, 1.807) is 0 Å². The van der Waals surface area contributed by atoms with Crippen LogP contribution in [0.5, 0.6) is 0 Å². The van der Waals surface area contributed by atoms with Gasteiger partial charge < -0.3 is 24.8 Å². The van der Waals surface area contributed by atoms with Gasteiger partial charge in [-0.15, -0.1) is 0 Å². The number of hydrogen-bond donors (Lipinski definition) is 0. The molecule has 2 aromatic rings. The van der Waals surface area contributed by atoms with Crippen molar-refractivity contribution in [2.75, 3.05) is 0 Å². The Kier molecular flexibility index (Phi) is 9.25. The molecule has 0 fully saturated rings. The van der Waals surface area contributed by atoms with Crippen molar-refractivity contribution in [3.63, 3.8) is 0 Å². The van der Waals surface area contributed by atoms with E-state index in [9.17, 15) is 8.78 Å². The summed E-state index contributed by atoms with van der Waals surface area (Å²) in [5, 5.41) is 0. The van der Waals surface area contributed by atoms with E-state index in [-0.39, 0.29) is 39.4 Å². The summed E-state index contributed by atoms with van der Waals surface area (Å²) in [7, 11) is 0. The van der Waals surface area contributed by atoms with Crippen molar-refractivity contribution in [2.24, 2.45) is 0 Å². The summed E-state index contributed by atoms with van der Waals surface area (Å²) in [5.41, 5.74) is 3.91. The second-order valence-electron chi connectivity index (χ2n) is 7.90. The predicted molar refractivity (Wildman–Crippen MR) is 112 cm³/mol. The van der Waals surface area contributed by atoms with Gasteiger partial charge in [0.05, 0.1) is 0 Å². The Hall–Kier alpha value is -1.28. The average molecular weight is 537 g/mol. The fourth-order valence-electron chi connectivity index (χ4n) is 4.36. The van der Waals surface area contributed by atoms with Crippen molar-refractivity contribution in [1.29, 1.82) is 0 Å². The van der Waals surface area contributed by atoms with Gasteiger partial charge in [0, 0.05) is 0 Å². The molecule has 4 rings (SSSR count). The molecule has 2 atom stereocenters. The van der Waals surface area contributed by atoms with Crippen molar-refractivity contribution in [2.45, 2.75) is 35.2 Å². The van der Waals surface area contributed by atoms with Crippen LogP contribution in [0.1, 0.15) is 42.4 Å². The second-order valence-corrected chi connectivity index (χ2v) is 12.2. The van der Waals surface area contributed by atoms with Crippen molar-refractivity contribution in [3.8, 4) is 0 Å². The van der Waals surface area contributed by atoms with Gasteiger partial charge in [0.2, 0.25) is 0 Å². The topological polar surface area (TPSA) is 0 Å². The minimum atomic E-state index is -1.10. The summed E-state index contributed by atoms with van der Waals surface area (Å²) in [6, 6.07) is 12.5. The van der Waals surface area contributed by atoms with E-state index in [0.717, 1.165) is 12.8 Å². The molecule has 2 aliphatic rings. The summed E-state index contributed by atoms with van der Waals surface area (Å²) in [4.78, 5) is 0. The number of halogens is 4. The largest absolute Gasteiger partial charge is 1.00 e. The average Bonchev–Trinajstić information content (AvgIpc) is 3.24. The Morgan fingerprint density at radius 3 is 2.42 bits per heavy atom. The molecule has 160 valence electrons. The molecule has 0 amide bonds. The number of hydrogen-bond acceptors (Lipinski definition) is 0. The maximum atomic E-state index is 14.4. The van der Waals surface area contributed by atoms with Crippen LogP contribution in [0.15, 0.2) is 82.2 Å². The summed E-state index contributed by atoms with van der Waals surface area (Å²) >= 11 is -1.10. The summed E-state index contributed by atoms with van der Waals surface area (Å²) in [6.45, 7) is 6.05. The number of rotatable bonds is 7. The molecular formula is C26H24Cl2F2Zr. The maximum Gasteiger partial charge on any atom is -1.00 e. The van der Waals surface area contributed by atoms with Crippen molar-refractivity contribution >= 4 is 6.08 Å². The Bertz CT molecular complexity index is 1020. The van der Waals surface area contributed by atoms with Crippen molar-refractivity contribution < 1.29 is 56.8 Å². The Balaban J connectivity index is 0.00000171. The summed E-state index contributed by atoms with van der Waals surface area (Å²) < 4.78 is 30.4. The van der Waals surface area contributed by atoms with Crippen LogP contribution >= 0.6 is 0 Å². The molecular weight excluding hydrogens is 512 g/mol. The van der Waals surface area contributed by atoms with E-state index < -0.39 is 34.9 Å². The third-order valence-electron chi connectivity index (χ3n) is 5.80. The molecule has 0 nitrogen and oxygen atoms in total. The first-order valence-electron chi connectivity index (χ1n) is 10.0. The van der Waals surface area contributed by atoms with Gasteiger partial charge in [-0.2, -0.15) is 0 Å². The van der Waals surface area contributed by atoms with Gasteiger partial charge in [-0.25, -0.2) is 0 Å². The van der Waals surface area contributed by atoms with E-state index in [1.165, 1.54) is 38.2 Å². The van der Waals surface area contributed by atoms with E-state index in [1.807, 2.05) is 18.2 Å². The quantitative estimate of drug-likeness (QED) is 0.470. The zero-order chi connectivity index (χ0) is 20.4. The Morgan fingerprint density at radius 1 is 1.06 bits per heavy atom. The predicted octanol–water partition coefficient (Wildman–Crippen LogP) is 1.38. The maximum absolute atomic E-state index is 14.4. The molecule has 0 heterocycles. The molecule has 0 bridgehead atoms. The van der Waals surface area contributed by atoms with E-state index in [4.69, 9.17) is 0 Å². The number of allylic oxidation sites excluding steroid dienone is 6. The van der Waals surface area contributed by atoms with Crippen LogP contribution < -0.4 is 24.8 Å². The molecule has 2 unspecified atom stereocenters. The van der Waals surface area contributed by atoms with Gasteiger partial charge in [-0.05, 0) is 0 Å². The SMILES string of the molecule is C=CCC[C]1([Zr+2][C]2=Cc3ccccc3C2Cc2c(F)cccc2F)C=CC(C)=C1.[Cl-].[Cl-]. The molecule has 0 saturated carbocycles. The standard InChI is InChI=1S/C16H11F2.C10H13.2ClH.Zr/c17-15-6-3-7-16(18)14(15)10-12-9-8-11-4-1-2-5-13(11)12;1-3-4-5-10-7-6-9(2)8-10;;;/h1-8,12H,10H2;3,6-8H,1,4-5H2,2H3;2*1H;/q;;;;+2/p-2. The molecule has 31 heavy (non-hydrogen) atoms. The fraction of sp³-hybridized carbons (Fsp3) is 0.231. The first kappa shape index (κ1) is 26.0. The third-order valence-corrected chi connectivity index (χ3v) is 10.2. The second kappa shape index (κ2) is 11.0. The van der Waals surface area contributed by atoms with Crippen LogP contribution in [0, 0.1) is 11.6 Å². The van der Waals surface area contributed by atoms with Crippen molar-refractivity contribution in [3.05, 3.63) is 111 Å². The Labute approximate surface area is 207 Å². The Morgan fingerprint density at radius 2 is 1.77 bits per heavy atom. The number of fused-ring (bicyclic) bond motifs is 1. The van der Waals surface area contributed by atoms with Gasteiger partial charge in [0.25, 0.3) is 0 Å². The molecule has 0 N–H and O–H groups in total. The monoisotopic (exact) mass is 534 g/mol. The van der Waals surface area contributed by atoms with E-state index in [2.05, 4.69) is 49.9 Å². The van der Waals surface area contributed by atoms with Crippen LogP contribution in [0.2, 0.25) is 3.12 Å². The molecule has 0 spiro atoms. The van der Waals surface area contributed by atoms with Gasteiger partial charge in [-0.1, -0.05) is 0 Å². The molecule has 0 aliphatic heterocycles. The van der Waals surface area contributed by atoms with Gasteiger partial charge in [0.1, 0.15) is 0 Å². The first-order chi connectivity index (χ1) is 14.0. The fourth-order valence-corrected chi connectivity index (χ4v) is 9.11. The smallest absolute Gasteiger partial charge is 1.00 e. The van der Waals surface area contributed by atoms with Crippen LogP contribution in [0.3, 0.4) is 0 Å². The zero-order valence-electron chi connectivity index (χ0n) is 17.3. The third kappa shape index (κ3) is 5.56. The van der Waals surface area contributed by atoms with Crippen molar-refractivity contribution in [1.82, 2.24) is 0 Å². The summed E-state index contributed by atoms with van der Waals surface area (Å²) in [5.74, 6) is -0.832. The van der Waals surface area contributed by atoms with Crippen LogP contribution in [0.25, 0.3) is 6.08 Å². The van der Waals surface area contributed by atoms with E-state index in [0.29, 0.717) is 6.42 Å². The minimum Gasteiger partial charge on any atom is -1.00 e. The zero-order valence-corrected chi connectivity index (χ0v) is 21.3. The van der Waals surface area contributed by atoms with E-state index >= 15 is 0 Å². The molecule has 5 heteroatoms. The van der Waals surface area contributed by atoms with Gasteiger partial charge in [-0.3, -0.25) is 0 Å². The molecule has 0 aromatic heterocycles.